The van der Waals surface area contributed by atoms with Crippen molar-refractivity contribution in [2.45, 2.75) is 45.4 Å². The third kappa shape index (κ3) is 3.32. The Morgan fingerprint density at radius 3 is 2.35 bits per heavy atom. The number of likely N-dealkylation sites (tertiary alicyclic amines) is 1. The zero-order valence-electron chi connectivity index (χ0n) is 12.4. The van der Waals surface area contributed by atoms with Crippen molar-refractivity contribution < 1.29 is 14.7 Å². The maximum atomic E-state index is 12.8. The molecule has 0 radical (unpaired) electrons. The van der Waals surface area contributed by atoms with Crippen molar-refractivity contribution >= 4 is 11.9 Å². The fourth-order valence-electron chi connectivity index (χ4n) is 3.55. The molecule has 1 amide bonds. The molecule has 0 unspecified atom stereocenters. The fourth-order valence-corrected chi connectivity index (χ4v) is 3.55. The first kappa shape index (κ1) is 15.3. The highest BCUT2D eigenvalue weighted by Gasteiger charge is 2.41. The van der Waals surface area contributed by atoms with Crippen LogP contribution in [0.2, 0.25) is 0 Å². The van der Waals surface area contributed by atoms with Gasteiger partial charge in [-0.25, -0.2) is 0 Å². The molecule has 2 aliphatic rings. The van der Waals surface area contributed by atoms with Gasteiger partial charge in [0, 0.05) is 19.5 Å². The molecule has 20 heavy (non-hydrogen) atoms. The second-order valence-corrected chi connectivity index (χ2v) is 6.22. The minimum Gasteiger partial charge on any atom is -0.481 e. The topological polar surface area (TPSA) is 69.6 Å². The summed E-state index contributed by atoms with van der Waals surface area (Å²) in [5.41, 5.74) is -0.176. The minimum absolute atomic E-state index is 0.176. The molecular weight excluding hydrogens is 256 g/mol. The fraction of sp³-hybridized carbons (Fsp3) is 0.867. The van der Waals surface area contributed by atoms with Gasteiger partial charge >= 0.3 is 5.97 Å². The van der Waals surface area contributed by atoms with Gasteiger partial charge in [-0.3, -0.25) is 9.59 Å². The van der Waals surface area contributed by atoms with Crippen LogP contribution in [-0.2, 0) is 9.59 Å². The maximum absolute atomic E-state index is 12.8. The number of carbonyl (C=O) groups excluding carboxylic acids is 1. The third-order valence-corrected chi connectivity index (χ3v) is 5.06. The van der Waals surface area contributed by atoms with Crippen molar-refractivity contribution in [1.82, 2.24) is 10.2 Å². The number of nitrogens with one attached hydrogen (secondary N) is 1. The molecule has 2 N–H and O–H groups in total. The van der Waals surface area contributed by atoms with Crippen LogP contribution < -0.4 is 5.32 Å². The van der Waals surface area contributed by atoms with E-state index in [-0.39, 0.29) is 17.8 Å². The largest absolute Gasteiger partial charge is 0.481 e. The van der Waals surface area contributed by atoms with Crippen molar-refractivity contribution in [2.75, 3.05) is 26.2 Å². The van der Waals surface area contributed by atoms with Gasteiger partial charge in [0.2, 0.25) is 5.91 Å². The Morgan fingerprint density at radius 2 is 1.85 bits per heavy atom. The standard InChI is InChI=1S/C15H26N2O3/c1-2-15(5-7-16-8-6-15)14(20)17-9-3-12(4-10-17)11-13(18)19/h12,16H,2-11H2,1H3,(H,18,19). The zero-order chi connectivity index (χ0) is 14.6. The summed E-state index contributed by atoms with van der Waals surface area (Å²) in [6, 6.07) is 0. The SMILES string of the molecule is CCC1(C(=O)N2CCC(CC(=O)O)CC2)CCNCC1. The number of carbonyl (C=O) groups is 2. The first-order valence-electron chi connectivity index (χ1n) is 7.79. The minimum atomic E-state index is -0.724. The van der Waals surface area contributed by atoms with E-state index < -0.39 is 5.97 Å². The molecule has 0 spiro atoms. The molecule has 2 aliphatic heterocycles. The van der Waals surface area contributed by atoms with Crippen molar-refractivity contribution in [1.29, 1.82) is 0 Å². The van der Waals surface area contributed by atoms with Gasteiger partial charge in [-0.2, -0.15) is 0 Å². The lowest BCUT2D eigenvalue weighted by atomic mass is 9.75. The molecule has 5 nitrogen and oxygen atoms in total. The molecule has 2 saturated heterocycles. The summed E-state index contributed by atoms with van der Waals surface area (Å²) < 4.78 is 0. The first-order chi connectivity index (χ1) is 9.57. The van der Waals surface area contributed by atoms with E-state index in [1.165, 1.54) is 0 Å². The lowest BCUT2D eigenvalue weighted by molar-refractivity contribution is -0.146. The molecule has 2 fully saturated rings. The van der Waals surface area contributed by atoms with Gasteiger partial charge in [-0.15, -0.1) is 0 Å². The number of rotatable bonds is 4. The number of carboxylic acid groups (broad SMARTS) is 1. The van der Waals surface area contributed by atoms with Crippen LogP contribution >= 0.6 is 0 Å². The van der Waals surface area contributed by atoms with Gasteiger partial charge in [-0.05, 0) is 51.1 Å². The summed E-state index contributed by atoms with van der Waals surface area (Å²) in [4.78, 5) is 25.5. The highest BCUT2D eigenvalue weighted by atomic mass is 16.4. The highest BCUT2D eigenvalue weighted by Crippen LogP contribution is 2.36. The molecule has 0 aromatic heterocycles. The van der Waals surface area contributed by atoms with Gasteiger partial charge in [0.05, 0.1) is 5.41 Å². The molecule has 0 atom stereocenters. The first-order valence-corrected chi connectivity index (χ1v) is 7.79. The number of carboxylic acids is 1. The maximum Gasteiger partial charge on any atom is 0.303 e. The molecular formula is C15H26N2O3. The van der Waals surface area contributed by atoms with E-state index >= 15 is 0 Å². The molecule has 0 aromatic carbocycles. The average molecular weight is 282 g/mol. The van der Waals surface area contributed by atoms with Crippen LogP contribution in [0.25, 0.3) is 0 Å². The van der Waals surface area contributed by atoms with Crippen LogP contribution in [0.3, 0.4) is 0 Å². The molecule has 0 aromatic rings. The lowest BCUT2D eigenvalue weighted by Gasteiger charge is -2.41. The van der Waals surface area contributed by atoms with Crippen molar-refractivity contribution in [3.05, 3.63) is 0 Å². The molecule has 2 heterocycles. The normalized spacial score (nSPS) is 23.6. The van der Waals surface area contributed by atoms with E-state index in [9.17, 15) is 9.59 Å². The van der Waals surface area contributed by atoms with E-state index in [4.69, 9.17) is 5.11 Å². The second-order valence-electron chi connectivity index (χ2n) is 6.22. The number of nitrogens with zero attached hydrogens (tertiary/aromatic N) is 1. The number of hydrogen-bond acceptors (Lipinski definition) is 3. The van der Waals surface area contributed by atoms with Gasteiger partial charge < -0.3 is 15.3 Å². The van der Waals surface area contributed by atoms with Gasteiger partial charge in [0.25, 0.3) is 0 Å². The van der Waals surface area contributed by atoms with Crippen LogP contribution in [0.4, 0.5) is 0 Å². The Kier molecular flexibility index (Phi) is 5.02. The van der Waals surface area contributed by atoms with Crippen LogP contribution in [0.5, 0.6) is 0 Å². The number of piperidine rings is 2. The molecule has 0 saturated carbocycles. The van der Waals surface area contributed by atoms with Crippen LogP contribution in [0, 0.1) is 11.3 Å². The van der Waals surface area contributed by atoms with Crippen LogP contribution in [0.15, 0.2) is 0 Å². The van der Waals surface area contributed by atoms with E-state index in [0.29, 0.717) is 5.91 Å². The number of aliphatic carboxylic acids is 1. The zero-order valence-corrected chi connectivity index (χ0v) is 12.4. The van der Waals surface area contributed by atoms with Crippen molar-refractivity contribution in [2.24, 2.45) is 11.3 Å². The molecule has 0 aliphatic carbocycles. The Morgan fingerprint density at radius 1 is 1.25 bits per heavy atom. The summed E-state index contributed by atoms with van der Waals surface area (Å²) in [5.74, 6) is -0.185. The van der Waals surface area contributed by atoms with Gasteiger partial charge in [0.15, 0.2) is 0 Å². The summed E-state index contributed by atoms with van der Waals surface area (Å²) in [7, 11) is 0. The number of hydrogen-bond donors (Lipinski definition) is 2. The predicted octanol–water partition coefficient (Wildman–Crippen LogP) is 1.48. The Hall–Kier alpha value is -1.10. The highest BCUT2D eigenvalue weighted by molar-refractivity contribution is 5.83. The summed E-state index contributed by atoms with van der Waals surface area (Å²) in [6.45, 7) is 5.42. The summed E-state index contributed by atoms with van der Waals surface area (Å²) in [6.07, 6.45) is 4.66. The molecule has 2 rings (SSSR count). The van der Waals surface area contributed by atoms with Gasteiger partial charge in [-0.1, -0.05) is 6.92 Å². The second kappa shape index (κ2) is 6.57. The molecule has 5 heteroatoms. The Labute approximate surface area is 120 Å². The lowest BCUT2D eigenvalue weighted by Crippen LogP contribution is -2.51. The molecule has 114 valence electrons. The van der Waals surface area contributed by atoms with E-state index in [2.05, 4.69) is 12.2 Å². The van der Waals surface area contributed by atoms with Crippen LogP contribution in [-0.4, -0.2) is 48.1 Å². The van der Waals surface area contributed by atoms with Gasteiger partial charge in [0.1, 0.15) is 0 Å². The molecule has 0 bridgehead atoms. The van der Waals surface area contributed by atoms with E-state index in [1.807, 2.05) is 4.90 Å². The Bertz CT molecular complexity index is 356. The predicted molar refractivity (Wildman–Crippen MR) is 76.4 cm³/mol. The summed E-state index contributed by atoms with van der Waals surface area (Å²) in [5, 5.41) is 12.2. The van der Waals surface area contributed by atoms with E-state index in [0.717, 1.165) is 58.3 Å². The summed E-state index contributed by atoms with van der Waals surface area (Å²) >= 11 is 0. The quantitative estimate of drug-likeness (QED) is 0.819. The van der Waals surface area contributed by atoms with E-state index in [1.54, 1.807) is 0 Å². The number of amides is 1. The third-order valence-electron chi connectivity index (χ3n) is 5.06. The average Bonchev–Trinajstić information content (AvgIpc) is 2.47. The monoisotopic (exact) mass is 282 g/mol. The van der Waals surface area contributed by atoms with Crippen LogP contribution in [0.1, 0.15) is 45.4 Å². The Balaban J connectivity index is 1.92. The van der Waals surface area contributed by atoms with Crippen molar-refractivity contribution in [3.63, 3.8) is 0 Å². The smallest absolute Gasteiger partial charge is 0.303 e. The van der Waals surface area contributed by atoms with Crippen molar-refractivity contribution in [3.8, 4) is 0 Å².